The molecule has 0 aliphatic carbocycles. The van der Waals surface area contributed by atoms with Crippen molar-refractivity contribution in [3.63, 3.8) is 0 Å². The molecule has 2 aliphatic heterocycles. The van der Waals surface area contributed by atoms with Gasteiger partial charge >= 0.3 is 6.03 Å². The summed E-state index contributed by atoms with van der Waals surface area (Å²) in [7, 11) is 1.62. The SMILES string of the molecule is COCCNC(=O)C1CCN(C(=O)NC2CCN(Cc3ccncc3)CC2)CC1. The molecule has 2 saturated heterocycles. The smallest absolute Gasteiger partial charge is 0.317 e. The maximum absolute atomic E-state index is 12.6. The fourth-order valence-corrected chi connectivity index (χ4v) is 4.01. The molecular weight excluding hydrogens is 370 g/mol. The summed E-state index contributed by atoms with van der Waals surface area (Å²) in [6, 6.07) is 4.34. The normalized spacial score (nSPS) is 19.1. The van der Waals surface area contributed by atoms with Gasteiger partial charge in [-0.25, -0.2) is 4.79 Å². The molecule has 2 aliphatic rings. The van der Waals surface area contributed by atoms with E-state index >= 15 is 0 Å². The minimum atomic E-state index is -0.00710. The number of nitrogens with zero attached hydrogens (tertiary/aromatic N) is 3. The van der Waals surface area contributed by atoms with Gasteiger partial charge in [0, 0.05) is 70.7 Å². The molecule has 3 rings (SSSR count). The Bertz CT molecular complexity index is 641. The molecule has 160 valence electrons. The third-order valence-electron chi connectivity index (χ3n) is 5.83. The van der Waals surface area contributed by atoms with Crippen LogP contribution in [0, 0.1) is 5.92 Å². The van der Waals surface area contributed by atoms with Gasteiger partial charge < -0.3 is 20.3 Å². The van der Waals surface area contributed by atoms with E-state index in [1.807, 2.05) is 17.3 Å². The van der Waals surface area contributed by atoms with Gasteiger partial charge in [-0.1, -0.05) is 0 Å². The van der Waals surface area contributed by atoms with Gasteiger partial charge in [0.15, 0.2) is 0 Å². The number of hydrogen-bond acceptors (Lipinski definition) is 5. The number of nitrogens with one attached hydrogen (secondary N) is 2. The average Bonchev–Trinajstić information content (AvgIpc) is 2.76. The van der Waals surface area contributed by atoms with Gasteiger partial charge in [0.1, 0.15) is 0 Å². The van der Waals surface area contributed by atoms with Crippen LogP contribution >= 0.6 is 0 Å². The molecule has 1 aromatic heterocycles. The number of carbonyl (C=O) groups is 2. The highest BCUT2D eigenvalue weighted by molar-refractivity contribution is 5.79. The van der Waals surface area contributed by atoms with Gasteiger partial charge in [0.05, 0.1) is 6.61 Å². The Labute approximate surface area is 173 Å². The van der Waals surface area contributed by atoms with Gasteiger partial charge in [-0.3, -0.25) is 14.7 Å². The van der Waals surface area contributed by atoms with E-state index < -0.39 is 0 Å². The van der Waals surface area contributed by atoms with E-state index in [-0.39, 0.29) is 23.9 Å². The number of likely N-dealkylation sites (tertiary alicyclic amines) is 2. The molecule has 2 fully saturated rings. The Morgan fingerprint density at radius 1 is 1.10 bits per heavy atom. The molecule has 8 heteroatoms. The van der Waals surface area contributed by atoms with Crippen molar-refractivity contribution in [2.75, 3.05) is 46.4 Å². The lowest BCUT2D eigenvalue weighted by Gasteiger charge is -2.35. The Morgan fingerprint density at radius 3 is 2.45 bits per heavy atom. The molecule has 0 radical (unpaired) electrons. The number of urea groups is 1. The van der Waals surface area contributed by atoms with E-state index in [4.69, 9.17) is 4.74 Å². The molecule has 0 aromatic carbocycles. The quantitative estimate of drug-likeness (QED) is 0.669. The van der Waals surface area contributed by atoms with E-state index in [0.29, 0.717) is 26.2 Å². The van der Waals surface area contributed by atoms with Gasteiger partial charge in [0.25, 0.3) is 0 Å². The molecule has 3 heterocycles. The van der Waals surface area contributed by atoms with Crippen molar-refractivity contribution in [2.45, 2.75) is 38.3 Å². The predicted octanol–water partition coefficient (Wildman–Crippen LogP) is 1.23. The van der Waals surface area contributed by atoms with Crippen LogP contribution in [0.15, 0.2) is 24.5 Å². The van der Waals surface area contributed by atoms with Crippen LogP contribution in [0.2, 0.25) is 0 Å². The van der Waals surface area contributed by atoms with Crippen LogP contribution in [-0.2, 0) is 16.1 Å². The van der Waals surface area contributed by atoms with E-state index in [2.05, 4.69) is 32.7 Å². The van der Waals surface area contributed by atoms with E-state index in [1.165, 1.54) is 5.56 Å². The molecular formula is C21H33N5O3. The second-order valence-corrected chi connectivity index (χ2v) is 7.90. The first-order valence-electron chi connectivity index (χ1n) is 10.6. The minimum Gasteiger partial charge on any atom is -0.383 e. The Hall–Kier alpha value is -2.19. The lowest BCUT2D eigenvalue weighted by molar-refractivity contribution is -0.126. The third kappa shape index (κ3) is 6.68. The van der Waals surface area contributed by atoms with Crippen molar-refractivity contribution in [1.82, 2.24) is 25.4 Å². The molecule has 8 nitrogen and oxygen atoms in total. The maximum atomic E-state index is 12.6. The van der Waals surface area contributed by atoms with Crippen molar-refractivity contribution in [3.8, 4) is 0 Å². The maximum Gasteiger partial charge on any atom is 0.317 e. The molecule has 0 spiro atoms. The number of pyridine rings is 1. The summed E-state index contributed by atoms with van der Waals surface area (Å²) in [6.45, 7) is 5.23. The van der Waals surface area contributed by atoms with Crippen LogP contribution < -0.4 is 10.6 Å². The van der Waals surface area contributed by atoms with Crippen LogP contribution in [-0.4, -0.2) is 79.2 Å². The summed E-state index contributed by atoms with van der Waals surface area (Å²) in [5.74, 6) is 0.0657. The van der Waals surface area contributed by atoms with Crippen molar-refractivity contribution >= 4 is 11.9 Å². The van der Waals surface area contributed by atoms with Crippen LogP contribution in [0.1, 0.15) is 31.2 Å². The molecule has 0 atom stereocenters. The highest BCUT2D eigenvalue weighted by Crippen LogP contribution is 2.18. The van der Waals surface area contributed by atoms with Gasteiger partial charge in [0.2, 0.25) is 5.91 Å². The number of piperidine rings is 2. The Kier molecular flexibility index (Phi) is 8.25. The number of ether oxygens (including phenoxy) is 1. The molecule has 0 saturated carbocycles. The molecule has 2 N–H and O–H groups in total. The highest BCUT2D eigenvalue weighted by atomic mass is 16.5. The zero-order chi connectivity index (χ0) is 20.5. The van der Waals surface area contributed by atoms with Crippen LogP contribution in [0.25, 0.3) is 0 Å². The number of carbonyl (C=O) groups excluding carboxylic acids is 2. The standard InChI is InChI=1S/C21H33N5O3/c1-29-15-10-23-20(27)18-4-13-26(14-5-18)21(28)24-19-6-11-25(12-7-19)16-17-2-8-22-9-3-17/h2-3,8-9,18-19H,4-7,10-16H2,1H3,(H,23,27)(H,24,28). The van der Waals surface area contributed by atoms with Crippen molar-refractivity contribution in [2.24, 2.45) is 5.92 Å². The monoisotopic (exact) mass is 403 g/mol. The predicted molar refractivity (Wildman–Crippen MR) is 110 cm³/mol. The number of aromatic nitrogens is 1. The zero-order valence-electron chi connectivity index (χ0n) is 17.3. The summed E-state index contributed by atoms with van der Waals surface area (Å²) in [6.07, 6.45) is 7.03. The lowest BCUT2D eigenvalue weighted by Crippen LogP contribution is -2.51. The second-order valence-electron chi connectivity index (χ2n) is 7.90. The minimum absolute atomic E-state index is 0.00710. The summed E-state index contributed by atoms with van der Waals surface area (Å²) >= 11 is 0. The largest absolute Gasteiger partial charge is 0.383 e. The van der Waals surface area contributed by atoms with Crippen LogP contribution in [0.4, 0.5) is 4.79 Å². The van der Waals surface area contributed by atoms with Gasteiger partial charge in [-0.2, -0.15) is 0 Å². The third-order valence-corrected chi connectivity index (χ3v) is 5.83. The lowest BCUT2D eigenvalue weighted by atomic mass is 9.96. The fourth-order valence-electron chi connectivity index (χ4n) is 4.01. The van der Waals surface area contributed by atoms with E-state index in [9.17, 15) is 9.59 Å². The van der Waals surface area contributed by atoms with Crippen molar-refractivity contribution in [3.05, 3.63) is 30.1 Å². The average molecular weight is 404 g/mol. The molecule has 29 heavy (non-hydrogen) atoms. The second kappa shape index (κ2) is 11.1. The molecule has 1 aromatic rings. The molecule has 3 amide bonds. The number of methoxy groups -OCH3 is 1. The fraction of sp³-hybridized carbons (Fsp3) is 0.667. The zero-order valence-corrected chi connectivity index (χ0v) is 17.3. The summed E-state index contributed by atoms with van der Waals surface area (Å²) in [4.78, 5) is 33.1. The summed E-state index contributed by atoms with van der Waals surface area (Å²) < 4.78 is 4.96. The highest BCUT2D eigenvalue weighted by Gasteiger charge is 2.29. The topological polar surface area (TPSA) is 86.8 Å². The van der Waals surface area contributed by atoms with Crippen LogP contribution in [0.3, 0.4) is 0 Å². The number of rotatable bonds is 7. The summed E-state index contributed by atoms with van der Waals surface area (Å²) in [5.41, 5.74) is 1.27. The Morgan fingerprint density at radius 2 is 1.79 bits per heavy atom. The first-order chi connectivity index (χ1) is 14.2. The first kappa shape index (κ1) is 21.5. The van der Waals surface area contributed by atoms with Crippen molar-refractivity contribution in [1.29, 1.82) is 0 Å². The van der Waals surface area contributed by atoms with Gasteiger partial charge in [-0.15, -0.1) is 0 Å². The molecule has 0 unspecified atom stereocenters. The number of amides is 3. The Balaban J connectivity index is 1.34. The van der Waals surface area contributed by atoms with Crippen molar-refractivity contribution < 1.29 is 14.3 Å². The first-order valence-corrected chi connectivity index (χ1v) is 10.6. The summed E-state index contributed by atoms with van der Waals surface area (Å²) in [5, 5.41) is 6.09. The molecule has 0 bridgehead atoms. The van der Waals surface area contributed by atoms with Crippen LogP contribution in [0.5, 0.6) is 0 Å². The van der Waals surface area contributed by atoms with E-state index in [0.717, 1.165) is 45.3 Å². The van der Waals surface area contributed by atoms with E-state index in [1.54, 1.807) is 7.11 Å². The number of hydrogen-bond donors (Lipinski definition) is 2. The van der Waals surface area contributed by atoms with Gasteiger partial charge in [-0.05, 0) is 43.4 Å².